The highest BCUT2D eigenvalue weighted by Gasteiger charge is 2.18. The van der Waals surface area contributed by atoms with E-state index in [0.717, 1.165) is 36.0 Å². The molecule has 6 nitrogen and oxygen atoms in total. The SMILES string of the molecule is O=C(NCC1CCCO1)c1cccc2nn(-c3cccnc3)cc12. The second-order valence-corrected chi connectivity index (χ2v) is 5.87. The molecule has 4 rings (SSSR count). The minimum Gasteiger partial charge on any atom is -0.376 e. The van der Waals surface area contributed by atoms with Crippen LogP contribution in [0.15, 0.2) is 48.9 Å². The summed E-state index contributed by atoms with van der Waals surface area (Å²) in [5, 5.41) is 8.33. The molecule has 1 aliphatic heterocycles. The van der Waals surface area contributed by atoms with Crippen molar-refractivity contribution in [2.24, 2.45) is 0 Å². The molecule has 1 saturated heterocycles. The van der Waals surface area contributed by atoms with Crippen molar-refractivity contribution < 1.29 is 9.53 Å². The number of nitrogens with one attached hydrogen (secondary N) is 1. The minimum absolute atomic E-state index is 0.0955. The molecule has 0 radical (unpaired) electrons. The van der Waals surface area contributed by atoms with Gasteiger partial charge in [0.1, 0.15) is 0 Å². The van der Waals surface area contributed by atoms with Crippen LogP contribution in [0.25, 0.3) is 16.6 Å². The van der Waals surface area contributed by atoms with Crippen molar-refractivity contribution in [3.63, 3.8) is 0 Å². The van der Waals surface area contributed by atoms with Crippen LogP contribution in [-0.2, 0) is 4.74 Å². The summed E-state index contributed by atoms with van der Waals surface area (Å²) in [5.41, 5.74) is 2.27. The summed E-state index contributed by atoms with van der Waals surface area (Å²) in [6.07, 6.45) is 7.52. The zero-order chi connectivity index (χ0) is 16.4. The highest BCUT2D eigenvalue weighted by atomic mass is 16.5. The molecule has 1 aliphatic rings. The van der Waals surface area contributed by atoms with Gasteiger partial charge in [0.05, 0.1) is 29.1 Å². The quantitative estimate of drug-likeness (QED) is 0.800. The smallest absolute Gasteiger partial charge is 0.252 e. The molecule has 1 unspecified atom stereocenters. The van der Waals surface area contributed by atoms with E-state index < -0.39 is 0 Å². The molecule has 0 aliphatic carbocycles. The molecule has 1 N–H and O–H groups in total. The maximum Gasteiger partial charge on any atom is 0.252 e. The number of fused-ring (bicyclic) bond motifs is 1. The minimum atomic E-state index is -0.0955. The van der Waals surface area contributed by atoms with Gasteiger partial charge in [0.15, 0.2) is 0 Å². The van der Waals surface area contributed by atoms with Crippen LogP contribution in [0.5, 0.6) is 0 Å². The second kappa shape index (κ2) is 6.41. The van der Waals surface area contributed by atoms with Crippen LogP contribution in [0, 0.1) is 0 Å². The molecule has 3 aromatic rings. The maximum absolute atomic E-state index is 12.5. The number of carbonyl (C=O) groups excluding carboxylic acids is 1. The number of nitrogens with zero attached hydrogens (tertiary/aromatic N) is 3. The van der Waals surface area contributed by atoms with Gasteiger partial charge in [-0.2, -0.15) is 5.10 Å². The first kappa shape index (κ1) is 14.8. The maximum atomic E-state index is 12.5. The average molecular weight is 322 g/mol. The Morgan fingerprint density at radius 1 is 1.33 bits per heavy atom. The monoisotopic (exact) mass is 322 g/mol. The van der Waals surface area contributed by atoms with Crippen LogP contribution >= 0.6 is 0 Å². The normalized spacial score (nSPS) is 17.2. The van der Waals surface area contributed by atoms with E-state index in [-0.39, 0.29) is 12.0 Å². The number of benzene rings is 1. The Hall–Kier alpha value is -2.73. The molecule has 1 atom stereocenters. The summed E-state index contributed by atoms with van der Waals surface area (Å²) in [7, 11) is 0. The van der Waals surface area contributed by atoms with Crippen molar-refractivity contribution in [1.29, 1.82) is 0 Å². The number of rotatable bonds is 4. The van der Waals surface area contributed by atoms with Gasteiger partial charge in [-0.1, -0.05) is 6.07 Å². The lowest BCUT2D eigenvalue weighted by atomic mass is 10.1. The molecule has 2 aromatic heterocycles. The van der Waals surface area contributed by atoms with Gasteiger partial charge in [0, 0.05) is 30.9 Å². The zero-order valence-corrected chi connectivity index (χ0v) is 13.2. The molecule has 1 amide bonds. The van der Waals surface area contributed by atoms with E-state index in [2.05, 4.69) is 15.4 Å². The predicted molar refractivity (Wildman–Crippen MR) is 90.2 cm³/mol. The Morgan fingerprint density at radius 3 is 3.08 bits per heavy atom. The summed E-state index contributed by atoms with van der Waals surface area (Å²) in [5.74, 6) is -0.0955. The lowest BCUT2D eigenvalue weighted by Crippen LogP contribution is -2.31. The Bertz CT molecular complexity index is 854. The molecule has 122 valence electrons. The highest BCUT2D eigenvalue weighted by Crippen LogP contribution is 2.20. The van der Waals surface area contributed by atoms with Gasteiger partial charge in [0.2, 0.25) is 0 Å². The molecular formula is C18H18N4O2. The molecule has 6 heteroatoms. The first-order valence-electron chi connectivity index (χ1n) is 8.10. The van der Waals surface area contributed by atoms with Gasteiger partial charge >= 0.3 is 0 Å². The van der Waals surface area contributed by atoms with Crippen LogP contribution in [0.2, 0.25) is 0 Å². The fourth-order valence-corrected chi connectivity index (χ4v) is 2.97. The van der Waals surface area contributed by atoms with Crippen LogP contribution in [0.4, 0.5) is 0 Å². The van der Waals surface area contributed by atoms with Crippen LogP contribution in [0.1, 0.15) is 23.2 Å². The lowest BCUT2D eigenvalue weighted by molar-refractivity contribution is 0.0859. The van der Waals surface area contributed by atoms with Gasteiger partial charge in [-0.25, -0.2) is 4.68 Å². The Kier molecular flexibility index (Phi) is 3.96. The lowest BCUT2D eigenvalue weighted by Gasteiger charge is -2.11. The second-order valence-electron chi connectivity index (χ2n) is 5.87. The van der Waals surface area contributed by atoms with Gasteiger partial charge in [0.25, 0.3) is 5.91 Å². The largest absolute Gasteiger partial charge is 0.376 e. The van der Waals surface area contributed by atoms with Gasteiger partial charge in [-0.3, -0.25) is 9.78 Å². The third-order valence-corrected chi connectivity index (χ3v) is 4.22. The topological polar surface area (TPSA) is 69.0 Å². The van der Waals surface area contributed by atoms with E-state index in [0.29, 0.717) is 12.1 Å². The van der Waals surface area contributed by atoms with E-state index >= 15 is 0 Å². The van der Waals surface area contributed by atoms with E-state index in [1.165, 1.54) is 0 Å². The molecule has 1 fully saturated rings. The fourth-order valence-electron chi connectivity index (χ4n) is 2.97. The Morgan fingerprint density at radius 2 is 2.29 bits per heavy atom. The molecule has 0 spiro atoms. The molecule has 24 heavy (non-hydrogen) atoms. The Labute approximate surface area is 139 Å². The first-order valence-corrected chi connectivity index (χ1v) is 8.10. The first-order chi connectivity index (χ1) is 11.8. The van der Waals surface area contributed by atoms with E-state index in [9.17, 15) is 4.79 Å². The van der Waals surface area contributed by atoms with Crippen molar-refractivity contribution in [3.05, 3.63) is 54.5 Å². The summed E-state index contributed by atoms with van der Waals surface area (Å²) in [6, 6.07) is 9.36. The van der Waals surface area contributed by atoms with Gasteiger partial charge < -0.3 is 10.1 Å². The molecule has 0 bridgehead atoms. The van der Waals surface area contributed by atoms with E-state index in [1.54, 1.807) is 17.1 Å². The van der Waals surface area contributed by atoms with E-state index in [4.69, 9.17) is 4.74 Å². The third kappa shape index (κ3) is 2.88. The number of carbonyl (C=O) groups is 1. The fraction of sp³-hybridized carbons (Fsp3) is 0.278. The van der Waals surface area contributed by atoms with Crippen LogP contribution < -0.4 is 5.32 Å². The average Bonchev–Trinajstić information content (AvgIpc) is 3.29. The van der Waals surface area contributed by atoms with Crippen LogP contribution in [-0.4, -0.2) is 39.9 Å². The summed E-state index contributed by atoms with van der Waals surface area (Å²) in [6.45, 7) is 1.33. The summed E-state index contributed by atoms with van der Waals surface area (Å²) < 4.78 is 7.30. The van der Waals surface area contributed by atoms with Crippen molar-refractivity contribution in [1.82, 2.24) is 20.1 Å². The summed E-state index contributed by atoms with van der Waals surface area (Å²) in [4.78, 5) is 16.7. The molecular weight excluding hydrogens is 304 g/mol. The van der Waals surface area contributed by atoms with E-state index in [1.807, 2.05) is 36.5 Å². The van der Waals surface area contributed by atoms with Crippen molar-refractivity contribution in [2.75, 3.05) is 13.2 Å². The van der Waals surface area contributed by atoms with Gasteiger partial charge in [-0.05, 0) is 37.1 Å². The predicted octanol–water partition coefficient (Wildman–Crippen LogP) is 2.33. The van der Waals surface area contributed by atoms with Crippen molar-refractivity contribution in [2.45, 2.75) is 18.9 Å². The Balaban J connectivity index is 1.60. The third-order valence-electron chi connectivity index (χ3n) is 4.22. The number of pyridine rings is 1. The number of ether oxygens (including phenoxy) is 1. The van der Waals surface area contributed by atoms with Gasteiger partial charge in [-0.15, -0.1) is 0 Å². The zero-order valence-electron chi connectivity index (χ0n) is 13.2. The number of hydrogen-bond acceptors (Lipinski definition) is 4. The van der Waals surface area contributed by atoms with Crippen molar-refractivity contribution in [3.8, 4) is 5.69 Å². The van der Waals surface area contributed by atoms with Crippen LogP contribution in [0.3, 0.4) is 0 Å². The standard InChI is InChI=1S/C18H18N4O2/c23-18(20-11-14-5-3-9-24-14)15-6-1-7-17-16(15)12-22(21-17)13-4-2-8-19-10-13/h1-2,4,6-8,10,12,14H,3,5,9,11H2,(H,20,23). The molecule has 1 aromatic carbocycles. The summed E-state index contributed by atoms with van der Waals surface area (Å²) >= 11 is 0. The number of amides is 1. The number of aromatic nitrogens is 3. The molecule has 0 saturated carbocycles. The highest BCUT2D eigenvalue weighted by molar-refractivity contribution is 6.06. The number of hydrogen-bond donors (Lipinski definition) is 1. The molecule has 3 heterocycles. The van der Waals surface area contributed by atoms with Crippen molar-refractivity contribution >= 4 is 16.8 Å².